The third kappa shape index (κ3) is 7.94. The molecule has 1 atom stereocenters. The quantitative estimate of drug-likeness (QED) is 0.484. The van der Waals surface area contributed by atoms with Crippen LogP contribution in [0.5, 0.6) is 0 Å². The highest BCUT2D eigenvalue weighted by Gasteiger charge is 2.13. The van der Waals surface area contributed by atoms with Gasteiger partial charge in [0.25, 0.3) is 11.9 Å². The number of ether oxygens (including phenoxy) is 1. The molecule has 0 heterocycles. The maximum Gasteiger partial charge on any atom is 0.291 e. The van der Waals surface area contributed by atoms with Crippen molar-refractivity contribution in [3.63, 3.8) is 0 Å². The third-order valence-electron chi connectivity index (χ3n) is 4.01. The Morgan fingerprint density at radius 2 is 1.92 bits per heavy atom. The Hall–Kier alpha value is -1.30. The number of amides is 1. The molecule has 0 aliphatic heterocycles. The Bertz CT molecular complexity index is 604. The molecule has 1 aromatic carbocycles. The summed E-state index contributed by atoms with van der Waals surface area (Å²) >= 11 is 11.9. The Kier molecular flexibility index (Phi) is 10.6. The molecule has 0 saturated carbocycles. The maximum atomic E-state index is 12.4. The van der Waals surface area contributed by atoms with Gasteiger partial charge in [0, 0.05) is 5.56 Å². The fourth-order valence-electron chi connectivity index (χ4n) is 2.46. The summed E-state index contributed by atoms with van der Waals surface area (Å²) in [5.74, 6) is -0.328. The van der Waals surface area contributed by atoms with Crippen LogP contribution < -0.4 is 5.32 Å². The van der Waals surface area contributed by atoms with Gasteiger partial charge in [-0.15, -0.1) is 0 Å². The molecule has 1 N–H and O–H groups in total. The van der Waals surface area contributed by atoms with Crippen molar-refractivity contribution in [2.75, 3.05) is 26.2 Å². The highest BCUT2D eigenvalue weighted by Crippen LogP contribution is 2.22. The first kappa shape index (κ1) is 22.7. The summed E-state index contributed by atoms with van der Waals surface area (Å²) in [5.41, 5.74) is 0.404. The minimum absolute atomic E-state index is 0.0567. The standard InChI is InChI=1S/C19H29Cl2N3O2/c1-5-24(6-2)12-8-9-14(4)22-19(26-7-3)23-18(25)15-10-11-16(20)17(21)13-15/h10-11,13-14H,5-9,12H2,1-4H3,(H,22,23,25). The molecule has 1 rings (SSSR count). The van der Waals surface area contributed by atoms with Crippen molar-refractivity contribution in [1.29, 1.82) is 0 Å². The number of carbonyl (C=O) groups excluding carboxylic acids is 1. The number of hydrogen-bond donors (Lipinski definition) is 1. The highest BCUT2D eigenvalue weighted by atomic mass is 35.5. The number of rotatable bonds is 9. The van der Waals surface area contributed by atoms with Gasteiger partial charge in [-0.25, -0.2) is 4.99 Å². The fourth-order valence-corrected chi connectivity index (χ4v) is 2.76. The zero-order valence-corrected chi connectivity index (χ0v) is 17.5. The summed E-state index contributed by atoms with van der Waals surface area (Å²) in [6.07, 6.45) is 1.97. The van der Waals surface area contributed by atoms with Crippen LogP contribution in [0.15, 0.2) is 23.2 Å². The average molecular weight is 402 g/mol. The Morgan fingerprint density at radius 3 is 2.50 bits per heavy atom. The zero-order valence-electron chi connectivity index (χ0n) is 16.0. The molecule has 146 valence electrons. The molecule has 1 amide bonds. The minimum atomic E-state index is -0.328. The number of carbonyl (C=O) groups is 1. The molecule has 1 unspecified atom stereocenters. The molecule has 0 bridgehead atoms. The van der Waals surface area contributed by atoms with E-state index in [1.165, 1.54) is 6.07 Å². The highest BCUT2D eigenvalue weighted by molar-refractivity contribution is 6.42. The van der Waals surface area contributed by atoms with E-state index >= 15 is 0 Å². The van der Waals surface area contributed by atoms with Crippen LogP contribution in [0.25, 0.3) is 0 Å². The van der Waals surface area contributed by atoms with Gasteiger partial charge in [-0.05, 0) is 64.5 Å². The number of halogens is 2. The molecule has 0 aliphatic rings. The largest absolute Gasteiger partial charge is 0.465 e. The van der Waals surface area contributed by atoms with Crippen molar-refractivity contribution in [3.05, 3.63) is 33.8 Å². The van der Waals surface area contributed by atoms with Crippen LogP contribution in [0.3, 0.4) is 0 Å². The van der Waals surface area contributed by atoms with Crippen LogP contribution in [0.1, 0.15) is 50.9 Å². The number of benzene rings is 1. The van der Waals surface area contributed by atoms with Gasteiger partial charge >= 0.3 is 0 Å². The predicted molar refractivity (Wildman–Crippen MR) is 109 cm³/mol. The molecule has 0 spiro atoms. The maximum absolute atomic E-state index is 12.4. The summed E-state index contributed by atoms with van der Waals surface area (Å²) in [7, 11) is 0. The van der Waals surface area contributed by atoms with E-state index in [1.807, 2.05) is 13.8 Å². The lowest BCUT2D eigenvalue weighted by Crippen LogP contribution is -2.33. The van der Waals surface area contributed by atoms with E-state index in [4.69, 9.17) is 27.9 Å². The van der Waals surface area contributed by atoms with Crippen molar-refractivity contribution in [3.8, 4) is 0 Å². The predicted octanol–water partition coefficient (Wildman–Crippen LogP) is 4.63. The van der Waals surface area contributed by atoms with Crippen molar-refractivity contribution in [2.45, 2.75) is 46.6 Å². The summed E-state index contributed by atoms with van der Waals surface area (Å²) in [5, 5.41) is 3.45. The summed E-state index contributed by atoms with van der Waals surface area (Å²) < 4.78 is 5.48. The molecule has 0 radical (unpaired) electrons. The Morgan fingerprint density at radius 1 is 1.23 bits per heavy atom. The molecule has 0 fully saturated rings. The molecule has 1 aromatic rings. The van der Waals surface area contributed by atoms with Gasteiger partial charge in [0.15, 0.2) is 0 Å². The van der Waals surface area contributed by atoms with Crippen LogP contribution in [-0.2, 0) is 4.74 Å². The van der Waals surface area contributed by atoms with Gasteiger partial charge in [-0.1, -0.05) is 37.0 Å². The molecule has 26 heavy (non-hydrogen) atoms. The van der Waals surface area contributed by atoms with E-state index in [1.54, 1.807) is 12.1 Å². The number of amidine groups is 1. The van der Waals surface area contributed by atoms with Crippen molar-refractivity contribution in [2.24, 2.45) is 4.99 Å². The molecular formula is C19H29Cl2N3O2. The molecule has 0 saturated heterocycles. The summed E-state index contributed by atoms with van der Waals surface area (Å²) in [6, 6.07) is 5.02. The van der Waals surface area contributed by atoms with Gasteiger partial charge in [-0.3, -0.25) is 10.1 Å². The van der Waals surface area contributed by atoms with Gasteiger partial charge in [0.2, 0.25) is 0 Å². The van der Waals surface area contributed by atoms with Crippen LogP contribution in [0, 0.1) is 0 Å². The first-order valence-corrected chi connectivity index (χ1v) is 9.86. The number of nitrogens with zero attached hydrogens (tertiary/aromatic N) is 2. The molecule has 0 aliphatic carbocycles. The first-order chi connectivity index (χ1) is 12.4. The lowest BCUT2D eigenvalue weighted by molar-refractivity contribution is 0.0966. The average Bonchev–Trinajstić information content (AvgIpc) is 2.61. The second-order valence-electron chi connectivity index (χ2n) is 5.97. The number of aliphatic imine (C=N–C) groups is 1. The second-order valence-corrected chi connectivity index (χ2v) is 6.78. The van der Waals surface area contributed by atoms with E-state index in [9.17, 15) is 4.79 Å². The zero-order chi connectivity index (χ0) is 19.5. The lowest BCUT2D eigenvalue weighted by Gasteiger charge is -2.18. The van der Waals surface area contributed by atoms with Gasteiger partial charge < -0.3 is 9.64 Å². The molecule has 5 nitrogen and oxygen atoms in total. The van der Waals surface area contributed by atoms with Crippen LogP contribution >= 0.6 is 23.2 Å². The molecule has 7 heteroatoms. The van der Waals surface area contributed by atoms with Crippen LogP contribution in [0.4, 0.5) is 0 Å². The SMILES string of the molecule is CCOC(=NC(C)CCCN(CC)CC)NC(=O)c1ccc(Cl)c(Cl)c1. The van der Waals surface area contributed by atoms with Crippen molar-refractivity contribution >= 4 is 35.1 Å². The van der Waals surface area contributed by atoms with Gasteiger partial charge in [0.1, 0.15) is 0 Å². The molecular weight excluding hydrogens is 373 g/mol. The smallest absolute Gasteiger partial charge is 0.291 e. The third-order valence-corrected chi connectivity index (χ3v) is 4.75. The monoisotopic (exact) mass is 401 g/mol. The van der Waals surface area contributed by atoms with E-state index < -0.39 is 0 Å². The second kappa shape index (κ2) is 12.2. The number of nitrogens with one attached hydrogen (secondary N) is 1. The van der Waals surface area contributed by atoms with E-state index in [2.05, 4.69) is 29.1 Å². The topological polar surface area (TPSA) is 53.9 Å². The molecule has 0 aromatic heterocycles. The Labute approximate surface area is 166 Å². The first-order valence-electron chi connectivity index (χ1n) is 9.10. The van der Waals surface area contributed by atoms with Gasteiger partial charge in [0.05, 0.1) is 22.7 Å². The lowest BCUT2D eigenvalue weighted by atomic mass is 10.2. The fraction of sp³-hybridized carbons (Fsp3) is 0.579. The summed E-state index contributed by atoms with van der Waals surface area (Å²) in [4.78, 5) is 19.3. The van der Waals surface area contributed by atoms with Crippen LogP contribution in [0.2, 0.25) is 10.0 Å². The van der Waals surface area contributed by atoms with Gasteiger partial charge in [-0.2, -0.15) is 0 Å². The van der Waals surface area contributed by atoms with E-state index in [-0.39, 0.29) is 18.0 Å². The normalized spacial score (nSPS) is 13.0. The number of hydrogen-bond acceptors (Lipinski definition) is 4. The van der Waals surface area contributed by atoms with E-state index in [0.717, 1.165) is 32.5 Å². The summed E-state index contributed by atoms with van der Waals surface area (Å²) in [6.45, 7) is 11.8. The van der Waals surface area contributed by atoms with Crippen molar-refractivity contribution in [1.82, 2.24) is 10.2 Å². The van der Waals surface area contributed by atoms with E-state index in [0.29, 0.717) is 22.2 Å². The van der Waals surface area contributed by atoms with Crippen LogP contribution in [-0.4, -0.2) is 49.1 Å². The Balaban J connectivity index is 2.66. The van der Waals surface area contributed by atoms with Crippen molar-refractivity contribution < 1.29 is 9.53 Å². The minimum Gasteiger partial charge on any atom is -0.465 e.